The molecule has 0 spiro atoms. The molecule has 5 nitrogen and oxygen atoms in total. The number of nitrogens with two attached hydrogens (primary N) is 1. The fourth-order valence-electron chi connectivity index (χ4n) is 2.19. The van der Waals surface area contributed by atoms with Gasteiger partial charge in [0, 0.05) is 16.6 Å². The number of rotatable bonds is 4. The van der Waals surface area contributed by atoms with Crippen LogP contribution >= 0.6 is 11.3 Å². The molecule has 3 rings (SSSR count). The second-order valence-corrected chi connectivity index (χ2v) is 5.62. The molecule has 6 heteroatoms. The predicted molar refractivity (Wildman–Crippen MR) is 82.0 cm³/mol. The van der Waals surface area contributed by atoms with Gasteiger partial charge in [-0.05, 0) is 23.6 Å². The molecule has 0 unspecified atom stereocenters. The minimum Gasteiger partial charge on any atom is -0.486 e. The molecule has 1 aromatic heterocycles. The van der Waals surface area contributed by atoms with E-state index in [1.165, 1.54) is 0 Å². The van der Waals surface area contributed by atoms with Crippen molar-refractivity contribution in [1.82, 2.24) is 0 Å². The molecule has 0 fully saturated rings. The van der Waals surface area contributed by atoms with E-state index in [9.17, 15) is 4.79 Å². The van der Waals surface area contributed by atoms with Crippen molar-refractivity contribution < 1.29 is 14.3 Å². The van der Waals surface area contributed by atoms with Crippen molar-refractivity contribution >= 4 is 22.9 Å². The molecule has 1 amide bonds. The Hall–Kier alpha value is -2.05. The van der Waals surface area contributed by atoms with Crippen molar-refractivity contribution in [2.45, 2.75) is 6.54 Å². The molecule has 0 saturated heterocycles. The van der Waals surface area contributed by atoms with Crippen LogP contribution in [-0.4, -0.2) is 25.7 Å². The lowest BCUT2D eigenvalue weighted by atomic mass is 10.2. The SMILES string of the molecule is NCC(=O)N(Cc1cccs1)c1ccc2c(c1)OCCO2. The highest BCUT2D eigenvalue weighted by atomic mass is 32.1. The Labute approximate surface area is 126 Å². The third-order valence-electron chi connectivity index (χ3n) is 3.21. The van der Waals surface area contributed by atoms with Crippen molar-refractivity contribution in [3.8, 4) is 11.5 Å². The second kappa shape index (κ2) is 6.15. The topological polar surface area (TPSA) is 64.8 Å². The number of hydrogen-bond acceptors (Lipinski definition) is 5. The molecule has 0 bridgehead atoms. The normalized spacial score (nSPS) is 13.0. The van der Waals surface area contributed by atoms with Gasteiger partial charge >= 0.3 is 0 Å². The molecule has 2 aromatic rings. The zero-order valence-corrected chi connectivity index (χ0v) is 12.3. The fourth-order valence-corrected chi connectivity index (χ4v) is 2.88. The lowest BCUT2D eigenvalue weighted by molar-refractivity contribution is -0.117. The monoisotopic (exact) mass is 304 g/mol. The molecule has 21 heavy (non-hydrogen) atoms. The van der Waals surface area contributed by atoms with Crippen LogP contribution in [0.25, 0.3) is 0 Å². The molecule has 0 saturated carbocycles. The molecule has 1 aliphatic rings. The number of anilines is 1. The number of amides is 1. The van der Waals surface area contributed by atoms with Crippen molar-refractivity contribution in [2.75, 3.05) is 24.7 Å². The highest BCUT2D eigenvalue weighted by molar-refractivity contribution is 7.09. The van der Waals surface area contributed by atoms with E-state index in [1.807, 2.05) is 35.7 Å². The number of fused-ring (bicyclic) bond motifs is 1. The van der Waals surface area contributed by atoms with Gasteiger partial charge in [-0.1, -0.05) is 6.07 Å². The molecule has 110 valence electrons. The lowest BCUT2D eigenvalue weighted by Gasteiger charge is -2.24. The zero-order chi connectivity index (χ0) is 14.7. The molecular weight excluding hydrogens is 288 g/mol. The van der Waals surface area contributed by atoms with Gasteiger partial charge in [0.15, 0.2) is 11.5 Å². The number of carbonyl (C=O) groups excluding carboxylic acids is 1. The Kier molecular flexibility index (Phi) is 4.08. The van der Waals surface area contributed by atoms with Gasteiger partial charge in [0.2, 0.25) is 5.91 Å². The third kappa shape index (κ3) is 3.01. The van der Waals surface area contributed by atoms with Crippen LogP contribution in [0.1, 0.15) is 4.88 Å². The van der Waals surface area contributed by atoms with Crippen LogP contribution in [0.2, 0.25) is 0 Å². The Morgan fingerprint density at radius 1 is 1.24 bits per heavy atom. The smallest absolute Gasteiger partial charge is 0.241 e. The Morgan fingerprint density at radius 3 is 2.76 bits per heavy atom. The first kappa shape index (κ1) is 13.9. The Balaban J connectivity index is 1.90. The summed E-state index contributed by atoms with van der Waals surface area (Å²) >= 11 is 1.61. The van der Waals surface area contributed by atoms with Gasteiger partial charge in [-0.25, -0.2) is 0 Å². The summed E-state index contributed by atoms with van der Waals surface area (Å²) in [6.45, 7) is 1.55. The summed E-state index contributed by atoms with van der Waals surface area (Å²) in [6, 6.07) is 9.48. The maximum atomic E-state index is 12.1. The minimum atomic E-state index is -0.125. The van der Waals surface area contributed by atoms with Gasteiger partial charge in [0.1, 0.15) is 13.2 Å². The van der Waals surface area contributed by atoms with Gasteiger partial charge < -0.3 is 20.1 Å². The van der Waals surface area contributed by atoms with Crippen LogP contribution in [0.3, 0.4) is 0 Å². The van der Waals surface area contributed by atoms with E-state index in [0.29, 0.717) is 31.3 Å². The quantitative estimate of drug-likeness (QED) is 0.938. The van der Waals surface area contributed by atoms with Crippen LogP contribution < -0.4 is 20.1 Å². The number of thiophene rings is 1. The van der Waals surface area contributed by atoms with E-state index in [4.69, 9.17) is 15.2 Å². The number of nitrogens with zero attached hydrogens (tertiary/aromatic N) is 1. The fraction of sp³-hybridized carbons (Fsp3) is 0.267. The summed E-state index contributed by atoms with van der Waals surface area (Å²) < 4.78 is 11.1. The van der Waals surface area contributed by atoms with E-state index >= 15 is 0 Å². The van der Waals surface area contributed by atoms with Crippen molar-refractivity contribution in [1.29, 1.82) is 0 Å². The molecule has 0 radical (unpaired) electrons. The van der Waals surface area contributed by atoms with Crippen LogP contribution in [0.4, 0.5) is 5.69 Å². The molecule has 2 N–H and O–H groups in total. The first-order chi connectivity index (χ1) is 10.3. The average Bonchev–Trinajstić information content (AvgIpc) is 3.04. The van der Waals surface area contributed by atoms with Crippen molar-refractivity contribution in [3.05, 3.63) is 40.6 Å². The van der Waals surface area contributed by atoms with E-state index in [2.05, 4.69) is 0 Å². The third-order valence-corrected chi connectivity index (χ3v) is 4.07. The summed E-state index contributed by atoms with van der Waals surface area (Å²) in [6.07, 6.45) is 0. The molecule has 1 aromatic carbocycles. The molecule has 0 atom stereocenters. The van der Waals surface area contributed by atoms with Crippen LogP contribution in [0, 0.1) is 0 Å². The van der Waals surface area contributed by atoms with E-state index < -0.39 is 0 Å². The van der Waals surface area contributed by atoms with Crippen LogP contribution in [0.15, 0.2) is 35.7 Å². The molecule has 1 aliphatic heterocycles. The van der Waals surface area contributed by atoms with Gasteiger partial charge in [-0.3, -0.25) is 4.79 Å². The summed E-state index contributed by atoms with van der Waals surface area (Å²) in [4.78, 5) is 14.9. The first-order valence-corrected chi connectivity index (χ1v) is 7.58. The second-order valence-electron chi connectivity index (χ2n) is 4.59. The first-order valence-electron chi connectivity index (χ1n) is 6.70. The van der Waals surface area contributed by atoms with Gasteiger partial charge in [0.25, 0.3) is 0 Å². The molecule has 0 aliphatic carbocycles. The number of carbonyl (C=O) groups is 1. The highest BCUT2D eigenvalue weighted by Gasteiger charge is 2.19. The van der Waals surface area contributed by atoms with Crippen molar-refractivity contribution in [3.63, 3.8) is 0 Å². The zero-order valence-electron chi connectivity index (χ0n) is 11.5. The van der Waals surface area contributed by atoms with E-state index in [-0.39, 0.29) is 12.5 Å². The average molecular weight is 304 g/mol. The van der Waals surface area contributed by atoms with Gasteiger partial charge in [0.05, 0.1) is 13.1 Å². The number of benzene rings is 1. The lowest BCUT2D eigenvalue weighted by Crippen LogP contribution is -2.35. The standard InChI is InChI=1S/C15H16N2O3S/c16-9-15(18)17(10-12-2-1-7-21-12)11-3-4-13-14(8-11)20-6-5-19-13/h1-4,7-8H,5-6,9-10,16H2. The van der Waals surface area contributed by atoms with E-state index in [1.54, 1.807) is 16.2 Å². The largest absolute Gasteiger partial charge is 0.486 e. The summed E-state index contributed by atoms with van der Waals surface area (Å²) in [5.74, 6) is 1.25. The maximum Gasteiger partial charge on any atom is 0.241 e. The minimum absolute atomic E-state index is 0.0280. The number of hydrogen-bond donors (Lipinski definition) is 1. The maximum absolute atomic E-state index is 12.1. The van der Waals surface area contributed by atoms with E-state index in [0.717, 1.165) is 10.6 Å². The van der Waals surface area contributed by atoms with Gasteiger partial charge in [-0.15, -0.1) is 11.3 Å². The summed E-state index contributed by atoms with van der Waals surface area (Å²) in [7, 11) is 0. The Morgan fingerprint density at radius 2 is 2.05 bits per heavy atom. The van der Waals surface area contributed by atoms with Crippen LogP contribution in [0.5, 0.6) is 11.5 Å². The summed E-state index contributed by atoms with van der Waals surface area (Å²) in [5.41, 5.74) is 6.30. The predicted octanol–water partition coefficient (Wildman–Crippen LogP) is 2.01. The number of ether oxygens (including phenoxy) is 2. The van der Waals surface area contributed by atoms with Gasteiger partial charge in [-0.2, -0.15) is 0 Å². The van der Waals surface area contributed by atoms with Crippen LogP contribution in [-0.2, 0) is 11.3 Å². The highest BCUT2D eigenvalue weighted by Crippen LogP contribution is 2.34. The van der Waals surface area contributed by atoms with Crippen molar-refractivity contribution in [2.24, 2.45) is 5.73 Å². The summed E-state index contributed by atoms with van der Waals surface area (Å²) in [5, 5.41) is 1.99. The molecular formula is C15H16N2O3S. The Bertz CT molecular complexity index is 628. The molecule has 2 heterocycles.